The average molecular weight is 245 g/mol. The lowest BCUT2D eigenvalue weighted by Gasteiger charge is -2.11. The molecule has 0 aliphatic carbocycles. The number of hydrogen-bond donors (Lipinski definition) is 1. The summed E-state index contributed by atoms with van der Waals surface area (Å²) >= 11 is 0. The first-order valence-electron chi connectivity index (χ1n) is 6.33. The fourth-order valence-electron chi connectivity index (χ4n) is 2.50. The Kier molecular flexibility index (Phi) is 3.11. The van der Waals surface area contributed by atoms with Gasteiger partial charge in [-0.05, 0) is 43.5 Å². The van der Waals surface area contributed by atoms with E-state index in [-0.39, 0.29) is 5.82 Å². The Morgan fingerprint density at radius 2 is 2.39 bits per heavy atom. The second-order valence-electron chi connectivity index (χ2n) is 4.75. The fraction of sp³-hybridized carbons (Fsp3) is 0.357. The van der Waals surface area contributed by atoms with Crippen LogP contribution in [0.25, 0.3) is 5.69 Å². The van der Waals surface area contributed by atoms with E-state index in [1.54, 1.807) is 29.4 Å². The third-order valence-electron chi connectivity index (χ3n) is 3.44. The van der Waals surface area contributed by atoms with Crippen LogP contribution in [0.1, 0.15) is 18.4 Å². The average Bonchev–Trinajstić information content (AvgIpc) is 3.01. The number of benzene rings is 1. The Labute approximate surface area is 106 Å². The van der Waals surface area contributed by atoms with Crippen LogP contribution in [0.15, 0.2) is 36.9 Å². The molecule has 1 aliphatic rings. The summed E-state index contributed by atoms with van der Waals surface area (Å²) < 4.78 is 15.7. The molecule has 1 atom stereocenters. The predicted octanol–water partition coefficient (Wildman–Crippen LogP) is 2.31. The van der Waals surface area contributed by atoms with Crippen LogP contribution in [0.5, 0.6) is 0 Å². The second-order valence-corrected chi connectivity index (χ2v) is 4.75. The third-order valence-corrected chi connectivity index (χ3v) is 3.44. The van der Waals surface area contributed by atoms with E-state index in [1.807, 2.05) is 12.1 Å². The number of imidazole rings is 1. The van der Waals surface area contributed by atoms with Crippen LogP contribution >= 0.6 is 0 Å². The van der Waals surface area contributed by atoms with Crippen molar-refractivity contribution in [3.05, 3.63) is 48.3 Å². The molecule has 2 aromatic rings. The van der Waals surface area contributed by atoms with Crippen LogP contribution in [-0.2, 0) is 6.42 Å². The first-order chi connectivity index (χ1) is 8.83. The molecule has 4 heteroatoms. The maximum absolute atomic E-state index is 14.0. The molecule has 2 heterocycles. The van der Waals surface area contributed by atoms with Crippen molar-refractivity contribution in [2.75, 3.05) is 6.54 Å². The summed E-state index contributed by atoms with van der Waals surface area (Å²) in [6.45, 7) is 1.08. The van der Waals surface area contributed by atoms with Crippen molar-refractivity contribution in [2.45, 2.75) is 25.3 Å². The van der Waals surface area contributed by atoms with Crippen molar-refractivity contribution in [1.82, 2.24) is 14.9 Å². The Balaban J connectivity index is 1.80. The number of nitrogens with zero attached hydrogens (tertiary/aromatic N) is 2. The smallest absolute Gasteiger partial charge is 0.147 e. The molecule has 0 bridgehead atoms. The maximum atomic E-state index is 14.0. The van der Waals surface area contributed by atoms with Gasteiger partial charge in [-0.3, -0.25) is 0 Å². The van der Waals surface area contributed by atoms with Gasteiger partial charge in [-0.1, -0.05) is 6.07 Å². The third kappa shape index (κ3) is 2.29. The van der Waals surface area contributed by atoms with Crippen LogP contribution in [0, 0.1) is 5.82 Å². The van der Waals surface area contributed by atoms with E-state index in [9.17, 15) is 4.39 Å². The SMILES string of the molecule is Fc1cc(CC2CCCN2)ccc1-n1ccnc1. The molecule has 1 aliphatic heterocycles. The summed E-state index contributed by atoms with van der Waals surface area (Å²) in [5.41, 5.74) is 1.60. The van der Waals surface area contributed by atoms with Crippen molar-refractivity contribution >= 4 is 0 Å². The van der Waals surface area contributed by atoms with Crippen LogP contribution in [-0.4, -0.2) is 22.1 Å². The van der Waals surface area contributed by atoms with E-state index in [2.05, 4.69) is 10.3 Å². The summed E-state index contributed by atoms with van der Waals surface area (Å²) in [6, 6.07) is 5.96. The minimum atomic E-state index is -0.191. The summed E-state index contributed by atoms with van der Waals surface area (Å²) in [7, 11) is 0. The highest BCUT2D eigenvalue weighted by atomic mass is 19.1. The molecule has 3 nitrogen and oxygen atoms in total. The van der Waals surface area contributed by atoms with Crippen molar-refractivity contribution in [2.24, 2.45) is 0 Å². The number of aromatic nitrogens is 2. The topological polar surface area (TPSA) is 29.9 Å². The van der Waals surface area contributed by atoms with Gasteiger partial charge < -0.3 is 9.88 Å². The van der Waals surface area contributed by atoms with Gasteiger partial charge in [0.15, 0.2) is 0 Å². The van der Waals surface area contributed by atoms with Gasteiger partial charge in [-0.2, -0.15) is 0 Å². The Morgan fingerprint density at radius 1 is 1.44 bits per heavy atom. The molecule has 1 fully saturated rings. The van der Waals surface area contributed by atoms with Crippen molar-refractivity contribution in [3.63, 3.8) is 0 Å². The molecule has 1 N–H and O–H groups in total. The predicted molar refractivity (Wildman–Crippen MR) is 68.3 cm³/mol. The fourth-order valence-corrected chi connectivity index (χ4v) is 2.50. The zero-order valence-corrected chi connectivity index (χ0v) is 10.1. The van der Waals surface area contributed by atoms with Crippen LogP contribution < -0.4 is 5.32 Å². The molecule has 1 aromatic heterocycles. The largest absolute Gasteiger partial charge is 0.314 e. The Bertz CT molecular complexity index is 516. The number of rotatable bonds is 3. The summed E-state index contributed by atoms with van der Waals surface area (Å²) in [6.07, 6.45) is 8.31. The van der Waals surface area contributed by atoms with Gasteiger partial charge in [0, 0.05) is 18.4 Å². The highest BCUT2D eigenvalue weighted by Crippen LogP contribution is 2.18. The van der Waals surface area contributed by atoms with E-state index in [4.69, 9.17) is 0 Å². The van der Waals surface area contributed by atoms with Crippen molar-refractivity contribution in [1.29, 1.82) is 0 Å². The molecular weight excluding hydrogens is 229 g/mol. The van der Waals surface area contributed by atoms with Crippen molar-refractivity contribution in [3.8, 4) is 5.69 Å². The first kappa shape index (κ1) is 11.4. The zero-order chi connectivity index (χ0) is 12.4. The van der Waals surface area contributed by atoms with Gasteiger partial charge in [0.25, 0.3) is 0 Å². The Morgan fingerprint density at radius 3 is 3.06 bits per heavy atom. The molecule has 1 aromatic carbocycles. The molecule has 1 saturated heterocycles. The minimum absolute atomic E-state index is 0.191. The van der Waals surface area contributed by atoms with Gasteiger partial charge in [0.2, 0.25) is 0 Å². The lowest BCUT2D eigenvalue weighted by atomic mass is 10.0. The van der Waals surface area contributed by atoms with Gasteiger partial charge in [0.1, 0.15) is 5.82 Å². The molecule has 18 heavy (non-hydrogen) atoms. The molecule has 94 valence electrons. The lowest BCUT2D eigenvalue weighted by molar-refractivity contribution is 0.590. The quantitative estimate of drug-likeness (QED) is 0.899. The van der Waals surface area contributed by atoms with E-state index >= 15 is 0 Å². The highest BCUT2D eigenvalue weighted by molar-refractivity contribution is 5.36. The normalized spacial score (nSPS) is 19.3. The summed E-state index contributed by atoms with van der Waals surface area (Å²) in [4.78, 5) is 3.93. The molecule has 3 rings (SSSR count). The molecular formula is C14H16FN3. The molecule has 1 unspecified atom stereocenters. The molecule has 0 spiro atoms. The summed E-state index contributed by atoms with van der Waals surface area (Å²) in [5.74, 6) is -0.191. The van der Waals surface area contributed by atoms with E-state index < -0.39 is 0 Å². The monoisotopic (exact) mass is 245 g/mol. The minimum Gasteiger partial charge on any atom is -0.314 e. The van der Waals surface area contributed by atoms with Gasteiger partial charge in [-0.15, -0.1) is 0 Å². The van der Waals surface area contributed by atoms with E-state index in [0.717, 1.165) is 18.5 Å². The standard InChI is InChI=1S/C14H16FN3/c15-13-9-11(8-12-2-1-5-17-12)3-4-14(13)18-7-6-16-10-18/h3-4,6-7,9-10,12,17H,1-2,5,8H2. The van der Waals surface area contributed by atoms with Crippen molar-refractivity contribution < 1.29 is 4.39 Å². The van der Waals surface area contributed by atoms with Gasteiger partial charge in [0.05, 0.1) is 12.0 Å². The van der Waals surface area contributed by atoms with E-state index in [1.165, 1.54) is 12.8 Å². The zero-order valence-electron chi connectivity index (χ0n) is 10.1. The first-order valence-corrected chi connectivity index (χ1v) is 6.33. The second kappa shape index (κ2) is 4.90. The van der Waals surface area contributed by atoms with E-state index in [0.29, 0.717) is 11.7 Å². The number of nitrogens with one attached hydrogen (secondary N) is 1. The number of halogens is 1. The lowest BCUT2D eigenvalue weighted by Crippen LogP contribution is -2.23. The van der Waals surface area contributed by atoms with Gasteiger partial charge >= 0.3 is 0 Å². The molecule has 0 amide bonds. The van der Waals surface area contributed by atoms with Crippen LogP contribution in [0.3, 0.4) is 0 Å². The Hall–Kier alpha value is -1.68. The van der Waals surface area contributed by atoms with Crippen LogP contribution in [0.4, 0.5) is 4.39 Å². The van der Waals surface area contributed by atoms with Crippen LogP contribution in [0.2, 0.25) is 0 Å². The maximum Gasteiger partial charge on any atom is 0.147 e. The number of hydrogen-bond acceptors (Lipinski definition) is 2. The molecule has 0 saturated carbocycles. The highest BCUT2D eigenvalue weighted by Gasteiger charge is 2.15. The summed E-state index contributed by atoms with van der Waals surface area (Å²) in [5, 5.41) is 3.43. The van der Waals surface area contributed by atoms with Gasteiger partial charge in [-0.25, -0.2) is 9.37 Å². The molecule has 0 radical (unpaired) electrons.